The van der Waals surface area contributed by atoms with Crippen molar-refractivity contribution in [2.75, 3.05) is 6.54 Å². The fourth-order valence-corrected chi connectivity index (χ4v) is 2.93. The Balaban J connectivity index is 2.10. The number of nitrogens with one attached hydrogen (secondary N) is 1. The minimum Gasteiger partial charge on any atom is -0.273 e. The first kappa shape index (κ1) is 15.5. The van der Waals surface area contributed by atoms with E-state index in [9.17, 15) is 14.4 Å². The van der Waals surface area contributed by atoms with Gasteiger partial charge in [0.05, 0.1) is 0 Å². The summed E-state index contributed by atoms with van der Waals surface area (Å²) in [4.78, 5) is 36.3. The molecule has 1 saturated heterocycles. The Kier molecular flexibility index (Phi) is 4.94. The Morgan fingerprint density at radius 2 is 1.95 bits per heavy atom. The molecule has 2 unspecified atom stereocenters. The second-order valence-electron chi connectivity index (χ2n) is 5.70. The first-order valence-electron chi connectivity index (χ1n) is 7.60. The van der Waals surface area contributed by atoms with Gasteiger partial charge in [0.25, 0.3) is 11.8 Å². The van der Waals surface area contributed by atoms with E-state index in [4.69, 9.17) is 0 Å². The second-order valence-corrected chi connectivity index (χ2v) is 5.70. The molecule has 21 heavy (non-hydrogen) atoms. The van der Waals surface area contributed by atoms with Crippen LogP contribution in [-0.2, 0) is 9.59 Å². The number of carbonyl (C=O) groups is 3. The highest BCUT2D eigenvalue weighted by atomic mass is 16.2. The zero-order valence-electron chi connectivity index (χ0n) is 12.6. The fraction of sp³-hybridized carbons (Fsp3) is 0.562. The number of hydrogen-bond acceptors (Lipinski definition) is 3. The van der Waals surface area contributed by atoms with E-state index in [1.165, 1.54) is 25.3 Å². The van der Waals surface area contributed by atoms with Gasteiger partial charge in [-0.3, -0.25) is 19.8 Å². The maximum absolute atomic E-state index is 12.1. The van der Waals surface area contributed by atoms with Crippen molar-refractivity contribution in [3.63, 3.8) is 0 Å². The summed E-state index contributed by atoms with van der Waals surface area (Å²) in [5.41, 5.74) is 0.0242. The van der Waals surface area contributed by atoms with Gasteiger partial charge in [0.2, 0.25) is 0 Å². The number of nitrogens with zero attached hydrogens (tertiary/aromatic N) is 1. The van der Waals surface area contributed by atoms with Crippen LogP contribution in [-0.4, -0.2) is 29.3 Å². The summed E-state index contributed by atoms with van der Waals surface area (Å²) < 4.78 is 0. The molecule has 2 fully saturated rings. The van der Waals surface area contributed by atoms with E-state index in [2.05, 4.69) is 18.3 Å². The summed E-state index contributed by atoms with van der Waals surface area (Å²) in [5, 5.41) is 2.18. The molecule has 1 N–H and O–H groups in total. The normalized spacial score (nSPS) is 29.3. The molecule has 0 bridgehead atoms. The van der Waals surface area contributed by atoms with E-state index in [-0.39, 0.29) is 12.1 Å². The third-order valence-corrected chi connectivity index (χ3v) is 4.30. The monoisotopic (exact) mass is 290 g/mol. The quantitative estimate of drug-likeness (QED) is 0.641. The minimum atomic E-state index is -0.644. The topological polar surface area (TPSA) is 66.5 Å². The number of urea groups is 1. The predicted molar refractivity (Wildman–Crippen MR) is 79.3 cm³/mol. The van der Waals surface area contributed by atoms with Gasteiger partial charge >= 0.3 is 6.03 Å². The van der Waals surface area contributed by atoms with Gasteiger partial charge in [-0.25, -0.2) is 4.79 Å². The molecule has 5 nitrogen and oxygen atoms in total. The number of imide groups is 2. The zero-order chi connectivity index (χ0) is 15.4. The highest BCUT2D eigenvalue weighted by molar-refractivity contribution is 6.28. The average Bonchev–Trinajstić information content (AvgIpc) is 2.44. The first-order valence-corrected chi connectivity index (χ1v) is 7.60. The molecule has 5 heteroatoms. The van der Waals surface area contributed by atoms with Crippen LogP contribution in [0.5, 0.6) is 0 Å². The standard InChI is InChI=1S/C16H22N2O3/c1-3-18-15(20)13(14(19)17-16(18)21)10-6-9-12-8-5-4-7-11(12)2/h6,9-12H,3-5,7-8H2,1-2H3,(H,17,19,21)/b9-6+,13-10+. The maximum atomic E-state index is 12.1. The number of amides is 4. The summed E-state index contributed by atoms with van der Waals surface area (Å²) >= 11 is 0. The zero-order valence-corrected chi connectivity index (χ0v) is 12.6. The molecule has 2 atom stereocenters. The SMILES string of the molecule is CCN1C(=O)NC(=O)/C(=C\C=C\C2CCCCC2C)C1=O. The van der Waals surface area contributed by atoms with Crippen molar-refractivity contribution in [2.24, 2.45) is 11.8 Å². The minimum absolute atomic E-state index is 0.0242. The maximum Gasteiger partial charge on any atom is 0.331 e. The molecule has 2 rings (SSSR count). The number of hydrogen-bond donors (Lipinski definition) is 1. The van der Waals surface area contributed by atoms with Gasteiger partial charge in [-0.1, -0.05) is 38.3 Å². The summed E-state index contributed by atoms with van der Waals surface area (Å²) in [7, 11) is 0. The third-order valence-electron chi connectivity index (χ3n) is 4.30. The number of likely N-dealkylation sites (N-methyl/N-ethyl adjacent to an activating group) is 1. The molecule has 0 aromatic heterocycles. The lowest BCUT2D eigenvalue weighted by atomic mass is 9.80. The van der Waals surface area contributed by atoms with Crippen LogP contribution < -0.4 is 5.32 Å². The van der Waals surface area contributed by atoms with Crippen molar-refractivity contribution in [3.8, 4) is 0 Å². The molecule has 0 spiro atoms. The van der Waals surface area contributed by atoms with Crippen molar-refractivity contribution in [1.82, 2.24) is 10.2 Å². The van der Waals surface area contributed by atoms with Gasteiger partial charge < -0.3 is 0 Å². The smallest absolute Gasteiger partial charge is 0.273 e. The van der Waals surface area contributed by atoms with E-state index in [0.717, 1.165) is 11.3 Å². The Morgan fingerprint density at radius 3 is 2.62 bits per heavy atom. The van der Waals surface area contributed by atoms with Crippen LogP contribution in [0, 0.1) is 11.8 Å². The number of rotatable bonds is 3. The molecule has 114 valence electrons. The highest BCUT2D eigenvalue weighted by Crippen LogP contribution is 2.30. The summed E-state index contributed by atoms with van der Waals surface area (Å²) in [6.07, 6.45) is 10.3. The van der Waals surface area contributed by atoms with Crippen LogP contribution in [0.1, 0.15) is 39.5 Å². The van der Waals surface area contributed by atoms with Crippen LogP contribution in [0.2, 0.25) is 0 Å². The summed E-state index contributed by atoms with van der Waals surface area (Å²) in [6.45, 7) is 4.18. The predicted octanol–water partition coefficient (Wildman–Crippen LogP) is 2.39. The van der Waals surface area contributed by atoms with Crippen molar-refractivity contribution in [3.05, 3.63) is 23.8 Å². The number of allylic oxidation sites excluding steroid dienone is 3. The number of barbiturate groups is 1. The molecule has 0 aromatic carbocycles. The van der Waals surface area contributed by atoms with Crippen molar-refractivity contribution < 1.29 is 14.4 Å². The molecule has 0 radical (unpaired) electrons. The average molecular weight is 290 g/mol. The van der Waals surface area contributed by atoms with Crippen molar-refractivity contribution >= 4 is 17.8 Å². The Morgan fingerprint density at radius 1 is 1.24 bits per heavy atom. The third kappa shape index (κ3) is 3.40. The summed E-state index contributed by atoms with van der Waals surface area (Å²) in [5.74, 6) is 0.00269. The molecular formula is C16H22N2O3. The van der Waals surface area contributed by atoms with Gasteiger partial charge in [-0.15, -0.1) is 0 Å². The molecular weight excluding hydrogens is 268 g/mol. The van der Waals surface area contributed by atoms with Gasteiger partial charge in [-0.05, 0) is 31.3 Å². The van der Waals surface area contributed by atoms with Gasteiger partial charge in [0, 0.05) is 6.54 Å². The Labute approximate surface area is 125 Å². The van der Waals surface area contributed by atoms with Crippen LogP contribution in [0.15, 0.2) is 23.8 Å². The van der Waals surface area contributed by atoms with Gasteiger partial charge in [0.1, 0.15) is 5.57 Å². The van der Waals surface area contributed by atoms with Crippen LogP contribution in [0.4, 0.5) is 4.79 Å². The van der Waals surface area contributed by atoms with Crippen molar-refractivity contribution in [2.45, 2.75) is 39.5 Å². The lowest BCUT2D eigenvalue weighted by Gasteiger charge is -2.26. The van der Waals surface area contributed by atoms with Crippen LogP contribution in [0.3, 0.4) is 0 Å². The van der Waals surface area contributed by atoms with E-state index in [1.54, 1.807) is 13.0 Å². The van der Waals surface area contributed by atoms with Crippen LogP contribution >= 0.6 is 0 Å². The van der Waals surface area contributed by atoms with Crippen LogP contribution in [0.25, 0.3) is 0 Å². The van der Waals surface area contributed by atoms with E-state index in [1.807, 2.05) is 0 Å². The number of carbonyl (C=O) groups excluding carboxylic acids is 3. The van der Waals surface area contributed by atoms with E-state index < -0.39 is 17.8 Å². The molecule has 1 saturated carbocycles. The Hall–Kier alpha value is -1.91. The largest absolute Gasteiger partial charge is 0.331 e. The molecule has 1 aliphatic heterocycles. The van der Waals surface area contributed by atoms with Gasteiger partial charge in [0.15, 0.2) is 0 Å². The first-order chi connectivity index (χ1) is 10.0. The Bertz CT molecular complexity index is 508. The molecule has 0 aromatic rings. The van der Waals surface area contributed by atoms with Crippen molar-refractivity contribution in [1.29, 1.82) is 0 Å². The molecule has 2 aliphatic rings. The molecule has 4 amide bonds. The second kappa shape index (κ2) is 6.70. The fourth-order valence-electron chi connectivity index (χ4n) is 2.93. The van der Waals surface area contributed by atoms with Gasteiger partial charge in [-0.2, -0.15) is 0 Å². The van der Waals surface area contributed by atoms with E-state index >= 15 is 0 Å². The van der Waals surface area contributed by atoms with E-state index in [0.29, 0.717) is 11.8 Å². The lowest BCUT2D eigenvalue weighted by Crippen LogP contribution is -2.53. The summed E-state index contributed by atoms with van der Waals surface area (Å²) in [6, 6.07) is -0.644. The highest BCUT2D eigenvalue weighted by Gasteiger charge is 2.34. The molecule has 1 aliphatic carbocycles. The molecule has 1 heterocycles. The lowest BCUT2D eigenvalue weighted by molar-refractivity contribution is -0.130.